The highest BCUT2D eigenvalue weighted by molar-refractivity contribution is 7.85. The monoisotopic (exact) mass is 243 g/mol. The van der Waals surface area contributed by atoms with Crippen molar-refractivity contribution >= 4 is 10.8 Å². The van der Waals surface area contributed by atoms with Crippen LogP contribution in [0.1, 0.15) is 24.6 Å². The summed E-state index contributed by atoms with van der Waals surface area (Å²) in [7, 11) is -0.579. The number of hydrogen-bond acceptors (Lipinski definition) is 5. The molecule has 0 spiro atoms. The van der Waals surface area contributed by atoms with Crippen molar-refractivity contribution in [1.29, 1.82) is 0 Å². The second-order valence-electron chi connectivity index (χ2n) is 4.06. The second-order valence-corrected chi connectivity index (χ2v) is 5.75. The summed E-state index contributed by atoms with van der Waals surface area (Å²) >= 11 is 0. The van der Waals surface area contributed by atoms with Gasteiger partial charge in [-0.3, -0.25) is 4.21 Å². The molecule has 0 aromatic carbocycles. The van der Waals surface area contributed by atoms with Crippen LogP contribution >= 0.6 is 0 Å². The van der Waals surface area contributed by atoms with Gasteiger partial charge in [0.15, 0.2) is 5.82 Å². The van der Waals surface area contributed by atoms with Crippen molar-refractivity contribution < 1.29 is 8.73 Å². The van der Waals surface area contributed by atoms with Gasteiger partial charge < -0.3 is 9.84 Å². The Morgan fingerprint density at radius 2 is 2.25 bits per heavy atom. The van der Waals surface area contributed by atoms with E-state index in [-0.39, 0.29) is 0 Å². The van der Waals surface area contributed by atoms with Crippen LogP contribution in [0.15, 0.2) is 4.52 Å². The smallest absolute Gasteiger partial charge is 0.223 e. The molecule has 2 heterocycles. The molecule has 90 valence electrons. The van der Waals surface area contributed by atoms with E-state index >= 15 is 0 Å². The Bertz CT molecular complexity index is 357. The predicted octanol–water partition coefficient (Wildman–Crippen LogP) is 0.421. The van der Waals surface area contributed by atoms with Crippen LogP contribution in [0.2, 0.25) is 0 Å². The van der Waals surface area contributed by atoms with E-state index in [9.17, 15) is 4.21 Å². The van der Waals surface area contributed by atoms with Crippen molar-refractivity contribution in [3.63, 3.8) is 0 Å². The average Bonchev–Trinajstić information content (AvgIpc) is 2.67. The highest BCUT2D eigenvalue weighted by Crippen LogP contribution is 2.08. The van der Waals surface area contributed by atoms with E-state index in [1.54, 1.807) is 6.92 Å². The Kier molecular flexibility index (Phi) is 4.06. The van der Waals surface area contributed by atoms with Gasteiger partial charge in [0.25, 0.3) is 0 Å². The van der Waals surface area contributed by atoms with E-state index in [1.807, 2.05) is 0 Å². The summed E-state index contributed by atoms with van der Waals surface area (Å²) in [5.41, 5.74) is 0. The molecule has 1 aliphatic heterocycles. The molecular formula is C10H17N3O2S. The lowest BCUT2D eigenvalue weighted by molar-refractivity contribution is 0.385. The fraction of sp³-hybridized carbons (Fsp3) is 0.800. The molecule has 0 saturated carbocycles. The van der Waals surface area contributed by atoms with Gasteiger partial charge in [0.05, 0.1) is 0 Å². The Morgan fingerprint density at radius 3 is 2.88 bits per heavy atom. The van der Waals surface area contributed by atoms with E-state index in [4.69, 9.17) is 4.52 Å². The molecule has 1 saturated heterocycles. The number of nitrogens with zero attached hydrogens (tertiary/aromatic N) is 2. The second kappa shape index (κ2) is 5.54. The Morgan fingerprint density at radius 1 is 1.50 bits per heavy atom. The van der Waals surface area contributed by atoms with Crippen LogP contribution < -0.4 is 5.32 Å². The molecule has 1 aromatic rings. The first kappa shape index (κ1) is 11.7. The summed E-state index contributed by atoms with van der Waals surface area (Å²) in [5, 5.41) is 7.28. The molecule has 1 aromatic heterocycles. The number of hydrogen-bond donors (Lipinski definition) is 1. The van der Waals surface area contributed by atoms with Crippen LogP contribution in [0.25, 0.3) is 0 Å². The lowest BCUT2D eigenvalue weighted by Gasteiger charge is -2.22. The third-order valence-corrected chi connectivity index (χ3v) is 4.12. The molecule has 0 amide bonds. The van der Waals surface area contributed by atoms with Gasteiger partial charge in [-0.2, -0.15) is 4.98 Å². The van der Waals surface area contributed by atoms with Crippen molar-refractivity contribution in [2.75, 3.05) is 18.1 Å². The standard InChI is InChI=1S/C10H17N3O2S/c1-8-12-10(13-15-8)2-5-11-9-3-6-16(14)7-4-9/h9,11H,2-7H2,1H3. The third kappa shape index (κ3) is 3.38. The van der Waals surface area contributed by atoms with E-state index < -0.39 is 10.8 Å². The van der Waals surface area contributed by atoms with Gasteiger partial charge in [-0.1, -0.05) is 5.16 Å². The van der Waals surface area contributed by atoms with Gasteiger partial charge in [0.2, 0.25) is 5.89 Å². The minimum atomic E-state index is -0.579. The molecule has 0 unspecified atom stereocenters. The summed E-state index contributed by atoms with van der Waals surface area (Å²) in [6, 6.07) is 0.505. The Hall–Kier alpha value is -0.750. The van der Waals surface area contributed by atoms with Crippen LogP contribution in [-0.4, -0.2) is 38.4 Å². The maximum absolute atomic E-state index is 11.2. The van der Waals surface area contributed by atoms with Gasteiger partial charge >= 0.3 is 0 Å². The van der Waals surface area contributed by atoms with Gasteiger partial charge in [-0.15, -0.1) is 0 Å². The topological polar surface area (TPSA) is 68.0 Å². The number of aryl methyl sites for hydroxylation is 1. The normalized spacial score (nSPS) is 25.8. The van der Waals surface area contributed by atoms with Gasteiger partial charge in [0, 0.05) is 48.2 Å². The zero-order valence-electron chi connectivity index (χ0n) is 9.44. The van der Waals surface area contributed by atoms with E-state index in [0.29, 0.717) is 11.9 Å². The average molecular weight is 243 g/mol. The van der Waals surface area contributed by atoms with Crippen molar-refractivity contribution in [1.82, 2.24) is 15.5 Å². The van der Waals surface area contributed by atoms with Gasteiger partial charge in [-0.05, 0) is 12.8 Å². The quantitative estimate of drug-likeness (QED) is 0.830. The minimum absolute atomic E-state index is 0.505. The van der Waals surface area contributed by atoms with E-state index in [0.717, 1.165) is 43.1 Å². The number of aromatic nitrogens is 2. The maximum Gasteiger partial charge on any atom is 0.223 e. The fourth-order valence-corrected chi connectivity index (χ4v) is 3.13. The first-order valence-electron chi connectivity index (χ1n) is 5.61. The fourth-order valence-electron chi connectivity index (χ4n) is 1.83. The molecule has 1 fully saturated rings. The zero-order chi connectivity index (χ0) is 11.4. The Balaban J connectivity index is 1.66. The molecular weight excluding hydrogens is 226 g/mol. The summed E-state index contributed by atoms with van der Waals surface area (Å²) in [6.45, 7) is 2.65. The van der Waals surface area contributed by atoms with Gasteiger partial charge in [-0.25, -0.2) is 0 Å². The molecule has 0 aliphatic carbocycles. The first-order chi connectivity index (χ1) is 7.74. The summed E-state index contributed by atoms with van der Waals surface area (Å²) in [6.07, 6.45) is 2.81. The predicted molar refractivity (Wildman–Crippen MR) is 61.6 cm³/mol. The summed E-state index contributed by atoms with van der Waals surface area (Å²) in [5.74, 6) is 3.03. The number of nitrogens with one attached hydrogen (secondary N) is 1. The SMILES string of the molecule is Cc1nc(CCNC2CCS(=O)CC2)no1. The van der Waals surface area contributed by atoms with Crippen molar-refractivity contribution in [2.45, 2.75) is 32.2 Å². The lowest BCUT2D eigenvalue weighted by Crippen LogP contribution is -2.36. The van der Waals surface area contributed by atoms with Crippen LogP contribution in [0.5, 0.6) is 0 Å². The minimum Gasteiger partial charge on any atom is -0.340 e. The van der Waals surface area contributed by atoms with Crippen LogP contribution in [0.4, 0.5) is 0 Å². The molecule has 0 atom stereocenters. The van der Waals surface area contributed by atoms with Crippen molar-refractivity contribution in [3.8, 4) is 0 Å². The largest absolute Gasteiger partial charge is 0.340 e. The van der Waals surface area contributed by atoms with E-state index in [2.05, 4.69) is 15.5 Å². The zero-order valence-corrected chi connectivity index (χ0v) is 10.3. The molecule has 6 heteroatoms. The molecule has 0 radical (unpaired) electrons. The summed E-state index contributed by atoms with van der Waals surface area (Å²) < 4.78 is 16.0. The van der Waals surface area contributed by atoms with Crippen LogP contribution in [0, 0.1) is 6.92 Å². The first-order valence-corrected chi connectivity index (χ1v) is 7.10. The van der Waals surface area contributed by atoms with Crippen LogP contribution in [0.3, 0.4) is 0 Å². The van der Waals surface area contributed by atoms with Crippen molar-refractivity contribution in [3.05, 3.63) is 11.7 Å². The molecule has 2 rings (SSSR count). The third-order valence-electron chi connectivity index (χ3n) is 2.74. The maximum atomic E-state index is 11.2. The summed E-state index contributed by atoms with van der Waals surface area (Å²) in [4.78, 5) is 4.14. The van der Waals surface area contributed by atoms with Gasteiger partial charge in [0.1, 0.15) is 0 Å². The van der Waals surface area contributed by atoms with Crippen LogP contribution in [-0.2, 0) is 17.2 Å². The Labute approximate surface area is 97.5 Å². The highest BCUT2D eigenvalue weighted by atomic mass is 32.2. The lowest BCUT2D eigenvalue weighted by atomic mass is 10.1. The van der Waals surface area contributed by atoms with E-state index in [1.165, 1.54) is 0 Å². The molecule has 16 heavy (non-hydrogen) atoms. The molecule has 1 N–H and O–H groups in total. The molecule has 1 aliphatic rings. The number of rotatable bonds is 4. The molecule has 5 nitrogen and oxygen atoms in total. The molecule has 0 bridgehead atoms. The van der Waals surface area contributed by atoms with Crippen molar-refractivity contribution in [2.24, 2.45) is 0 Å². The highest BCUT2D eigenvalue weighted by Gasteiger charge is 2.16.